The van der Waals surface area contributed by atoms with Crippen molar-refractivity contribution >= 4 is 17.6 Å². The maximum atomic E-state index is 12.3. The number of rotatable bonds is 8. The predicted octanol–water partition coefficient (Wildman–Crippen LogP) is 2.76. The van der Waals surface area contributed by atoms with E-state index in [4.69, 9.17) is 19.9 Å². The number of nitrogens with zero attached hydrogens (tertiary/aromatic N) is 1. The molecule has 0 atom stereocenters. The molecule has 0 bridgehead atoms. The van der Waals surface area contributed by atoms with Crippen LogP contribution in [0, 0.1) is 6.92 Å². The van der Waals surface area contributed by atoms with Gasteiger partial charge in [-0.25, -0.2) is 4.79 Å². The normalized spacial score (nSPS) is 10.6. The van der Waals surface area contributed by atoms with Crippen LogP contribution in [0.15, 0.2) is 30.3 Å². The van der Waals surface area contributed by atoms with Crippen molar-refractivity contribution in [2.24, 2.45) is 0 Å². The first kappa shape index (κ1) is 19.5. The van der Waals surface area contributed by atoms with E-state index in [1.165, 1.54) is 6.92 Å². The first-order valence-electron chi connectivity index (χ1n) is 8.39. The predicted molar refractivity (Wildman–Crippen MR) is 97.6 cm³/mol. The van der Waals surface area contributed by atoms with Crippen molar-refractivity contribution in [3.05, 3.63) is 41.6 Å². The van der Waals surface area contributed by atoms with E-state index in [1.807, 2.05) is 34.9 Å². The van der Waals surface area contributed by atoms with Gasteiger partial charge in [0.05, 0.1) is 24.6 Å². The van der Waals surface area contributed by atoms with Crippen LogP contribution in [-0.2, 0) is 25.7 Å². The molecule has 1 aromatic carbocycles. The van der Waals surface area contributed by atoms with Gasteiger partial charge in [-0.1, -0.05) is 30.3 Å². The van der Waals surface area contributed by atoms with E-state index in [0.29, 0.717) is 22.6 Å². The maximum absolute atomic E-state index is 12.3. The first-order valence-corrected chi connectivity index (χ1v) is 8.39. The van der Waals surface area contributed by atoms with E-state index in [9.17, 15) is 9.59 Å². The third-order valence-corrected chi connectivity index (χ3v) is 3.84. The number of benzene rings is 1. The number of hydrogen-bond acceptors (Lipinski definition) is 6. The maximum Gasteiger partial charge on any atom is 0.342 e. The third-order valence-electron chi connectivity index (χ3n) is 3.84. The van der Waals surface area contributed by atoms with Gasteiger partial charge in [0, 0.05) is 18.2 Å². The Morgan fingerprint density at radius 3 is 2.42 bits per heavy atom. The number of aromatic nitrogens is 1. The second kappa shape index (κ2) is 9.05. The van der Waals surface area contributed by atoms with Crippen LogP contribution in [-0.4, -0.2) is 36.3 Å². The van der Waals surface area contributed by atoms with Crippen molar-refractivity contribution in [3.8, 4) is 11.3 Å². The highest BCUT2D eigenvalue weighted by atomic mass is 16.6. The quantitative estimate of drug-likeness (QED) is 0.575. The van der Waals surface area contributed by atoms with Gasteiger partial charge in [-0.05, 0) is 13.8 Å². The van der Waals surface area contributed by atoms with Crippen LogP contribution in [0.5, 0.6) is 0 Å². The topological polar surface area (TPSA) is 92.8 Å². The number of hydrogen-bond donors (Lipinski definition) is 1. The monoisotopic (exact) mass is 360 g/mol. The number of ether oxygens (including phenoxy) is 3. The molecule has 0 radical (unpaired) electrons. The van der Waals surface area contributed by atoms with Crippen LogP contribution >= 0.6 is 0 Å². The van der Waals surface area contributed by atoms with Crippen LogP contribution < -0.4 is 5.73 Å². The average Bonchev–Trinajstić information content (AvgIpc) is 2.85. The number of carbonyl (C=O) groups excluding carboxylic acids is 2. The highest BCUT2D eigenvalue weighted by molar-refractivity contribution is 6.01. The molecule has 1 heterocycles. The molecule has 140 valence electrons. The van der Waals surface area contributed by atoms with Gasteiger partial charge in [0.2, 0.25) is 0 Å². The highest BCUT2D eigenvalue weighted by Gasteiger charge is 2.25. The number of carbonyl (C=O) groups is 2. The molecule has 7 nitrogen and oxygen atoms in total. The molecule has 0 amide bonds. The smallest absolute Gasteiger partial charge is 0.342 e. The summed E-state index contributed by atoms with van der Waals surface area (Å²) in [6, 6.07) is 9.52. The number of anilines is 1. The highest BCUT2D eigenvalue weighted by Crippen LogP contribution is 2.34. The Bertz CT molecular complexity index is 768. The van der Waals surface area contributed by atoms with Crippen molar-refractivity contribution in [1.82, 2.24) is 4.57 Å². The molecule has 0 saturated heterocycles. The van der Waals surface area contributed by atoms with E-state index in [1.54, 1.807) is 13.8 Å². The lowest BCUT2D eigenvalue weighted by Gasteiger charge is -2.13. The minimum atomic E-state index is -0.460. The molecule has 0 unspecified atom stereocenters. The summed E-state index contributed by atoms with van der Waals surface area (Å²) >= 11 is 0. The van der Waals surface area contributed by atoms with Crippen LogP contribution in [0.2, 0.25) is 0 Å². The van der Waals surface area contributed by atoms with E-state index < -0.39 is 5.97 Å². The summed E-state index contributed by atoms with van der Waals surface area (Å²) in [7, 11) is 0. The zero-order chi connectivity index (χ0) is 19.1. The van der Waals surface area contributed by atoms with Crippen LogP contribution in [0.25, 0.3) is 11.3 Å². The Morgan fingerprint density at radius 1 is 1.12 bits per heavy atom. The largest absolute Gasteiger partial charge is 0.463 e. The van der Waals surface area contributed by atoms with Gasteiger partial charge in [-0.15, -0.1) is 0 Å². The Hall–Kier alpha value is -2.80. The van der Waals surface area contributed by atoms with E-state index in [2.05, 4.69) is 0 Å². The molecule has 7 heteroatoms. The lowest BCUT2D eigenvalue weighted by molar-refractivity contribution is -0.142. The molecule has 2 aromatic rings. The molecule has 2 rings (SSSR count). The molecule has 0 fully saturated rings. The van der Waals surface area contributed by atoms with Crippen molar-refractivity contribution < 1.29 is 23.8 Å². The van der Waals surface area contributed by atoms with Gasteiger partial charge in [-0.3, -0.25) is 4.79 Å². The number of nitrogen functional groups attached to an aromatic ring is 1. The molecule has 0 saturated carbocycles. The average molecular weight is 360 g/mol. The van der Waals surface area contributed by atoms with E-state index in [0.717, 1.165) is 5.56 Å². The van der Waals surface area contributed by atoms with Crippen molar-refractivity contribution in [3.63, 3.8) is 0 Å². The van der Waals surface area contributed by atoms with E-state index >= 15 is 0 Å². The molecular formula is C19H24N2O5. The SMILES string of the molecule is CCOC(=O)c1c(N)c(-c2ccccc2)n(COCCOC(C)=O)c1C. The van der Waals surface area contributed by atoms with E-state index in [-0.39, 0.29) is 32.5 Å². The van der Waals surface area contributed by atoms with Crippen molar-refractivity contribution in [1.29, 1.82) is 0 Å². The summed E-state index contributed by atoms with van der Waals surface area (Å²) in [4.78, 5) is 23.1. The summed E-state index contributed by atoms with van der Waals surface area (Å²) < 4.78 is 17.4. The summed E-state index contributed by atoms with van der Waals surface area (Å²) in [6.07, 6.45) is 0. The Balaban J connectivity index is 2.33. The molecule has 0 aliphatic carbocycles. The Morgan fingerprint density at radius 2 is 1.81 bits per heavy atom. The fourth-order valence-electron chi connectivity index (χ4n) is 2.69. The second-order valence-corrected chi connectivity index (χ2v) is 5.61. The third kappa shape index (κ3) is 4.43. The fourth-order valence-corrected chi connectivity index (χ4v) is 2.69. The Labute approximate surface area is 152 Å². The minimum Gasteiger partial charge on any atom is -0.463 e. The zero-order valence-electron chi connectivity index (χ0n) is 15.3. The van der Waals surface area contributed by atoms with Gasteiger partial charge in [0.25, 0.3) is 0 Å². The van der Waals surface area contributed by atoms with Gasteiger partial charge in [0.1, 0.15) is 18.9 Å². The summed E-state index contributed by atoms with van der Waals surface area (Å²) in [5.41, 5.74) is 9.21. The lowest BCUT2D eigenvalue weighted by Crippen LogP contribution is -2.12. The standard InChI is InChI=1S/C19H24N2O5/c1-4-25-19(23)16-13(2)21(12-24-10-11-26-14(3)22)18(17(16)20)15-8-6-5-7-9-15/h5-9H,4,10-12,20H2,1-3H3. The molecule has 0 aliphatic heterocycles. The molecular weight excluding hydrogens is 336 g/mol. The first-order chi connectivity index (χ1) is 12.5. The van der Waals surface area contributed by atoms with Crippen LogP contribution in [0.1, 0.15) is 29.9 Å². The molecule has 0 aliphatic rings. The van der Waals surface area contributed by atoms with Gasteiger partial charge >= 0.3 is 11.9 Å². The van der Waals surface area contributed by atoms with Gasteiger partial charge in [0.15, 0.2) is 0 Å². The minimum absolute atomic E-state index is 0.163. The zero-order valence-corrected chi connectivity index (χ0v) is 15.3. The molecule has 0 spiro atoms. The number of esters is 2. The number of nitrogens with two attached hydrogens (primary N) is 1. The molecule has 2 N–H and O–H groups in total. The second-order valence-electron chi connectivity index (χ2n) is 5.61. The fraction of sp³-hybridized carbons (Fsp3) is 0.368. The Kier molecular flexibility index (Phi) is 6.80. The van der Waals surface area contributed by atoms with Gasteiger partial charge < -0.3 is 24.5 Å². The summed E-state index contributed by atoms with van der Waals surface area (Å²) in [6.45, 7) is 5.72. The van der Waals surface area contributed by atoms with Crippen LogP contribution in [0.4, 0.5) is 5.69 Å². The molecule has 1 aromatic heterocycles. The van der Waals surface area contributed by atoms with Crippen LogP contribution in [0.3, 0.4) is 0 Å². The molecule has 26 heavy (non-hydrogen) atoms. The van der Waals surface area contributed by atoms with Crippen molar-refractivity contribution in [2.45, 2.75) is 27.5 Å². The van der Waals surface area contributed by atoms with Crippen molar-refractivity contribution in [2.75, 3.05) is 25.6 Å². The van der Waals surface area contributed by atoms with Gasteiger partial charge in [-0.2, -0.15) is 0 Å². The summed E-state index contributed by atoms with van der Waals surface area (Å²) in [5, 5.41) is 0. The lowest BCUT2D eigenvalue weighted by atomic mass is 10.1. The summed E-state index contributed by atoms with van der Waals surface area (Å²) in [5.74, 6) is -0.817.